The van der Waals surface area contributed by atoms with Gasteiger partial charge in [0.25, 0.3) is 0 Å². The second-order valence-electron chi connectivity index (χ2n) is 4.39. The van der Waals surface area contributed by atoms with Crippen molar-refractivity contribution in [2.24, 2.45) is 5.73 Å². The average molecular weight is 354 g/mol. The molecule has 0 bridgehead atoms. The average Bonchev–Trinajstić information content (AvgIpc) is 2.43. The number of nitrogens with one attached hydrogen (secondary N) is 1. The summed E-state index contributed by atoms with van der Waals surface area (Å²) in [6, 6.07) is 14.4. The number of anilines is 1. The van der Waals surface area contributed by atoms with E-state index >= 15 is 0 Å². The van der Waals surface area contributed by atoms with Crippen LogP contribution in [0.25, 0.3) is 0 Å². The summed E-state index contributed by atoms with van der Waals surface area (Å²) in [5.74, 6) is -0.135. The lowest BCUT2D eigenvalue weighted by Gasteiger charge is -2.13. The number of carbonyl (C=O) groups excluding carboxylic acids is 1. The SMILES string of the molecule is NC(CC(=O)Nc1ccc(Cl)cc1Br)c1ccccc1. The van der Waals surface area contributed by atoms with Gasteiger partial charge >= 0.3 is 0 Å². The molecule has 0 aromatic heterocycles. The largest absolute Gasteiger partial charge is 0.325 e. The van der Waals surface area contributed by atoms with Gasteiger partial charge in [0.2, 0.25) is 5.91 Å². The molecule has 104 valence electrons. The molecular formula is C15H14BrClN2O. The molecule has 0 aliphatic rings. The van der Waals surface area contributed by atoms with Crippen LogP contribution in [0.4, 0.5) is 5.69 Å². The summed E-state index contributed by atoms with van der Waals surface area (Å²) >= 11 is 9.21. The van der Waals surface area contributed by atoms with E-state index in [9.17, 15) is 4.79 Å². The number of hydrogen-bond acceptors (Lipinski definition) is 2. The number of nitrogens with two attached hydrogens (primary N) is 1. The fraction of sp³-hybridized carbons (Fsp3) is 0.133. The lowest BCUT2D eigenvalue weighted by atomic mass is 10.0. The van der Waals surface area contributed by atoms with Gasteiger partial charge in [-0.2, -0.15) is 0 Å². The first kappa shape index (κ1) is 15.0. The van der Waals surface area contributed by atoms with Crippen LogP contribution in [0.15, 0.2) is 53.0 Å². The normalized spacial score (nSPS) is 11.9. The van der Waals surface area contributed by atoms with Crippen molar-refractivity contribution >= 4 is 39.1 Å². The van der Waals surface area contributed by atoms with Gasteiger partial charge in [-0.05, 0) is 39.7 Å². The van der Waals surface area contributed by atoms with Crippen molar-refractivity contribution < 1.29 is 4.79 Å². The van der Waals surface area contributed by atoms with Gasteiger partial charge in [0.15, 0.2) is 0 Å². The Morgan fingerprint density at radius 1 is 1.25 bits per heavy atom. The predicted molar refractivity (Wildman–Crippen MR) is 85.8 cm³/mol. The van der Waals surface area contributed by atoms with Gasteiger partial charge in [-0.25, -0.2) is 0 Å². The third-order valence-corrected chi connectivity index (χ3v) is 3.73. The maximum absolute atomic E-state index is 12.0. The second-order valence-corrected chi connectivity index (χ2v) is 5.68. The molecule has 2 aromatic carbocycles. The lowest BCUT2D eigenvalue weighted by Crippen LogP contribution is -2.20. The molecule has 2 rings (SSSR count). The molecular weight excluding hydrogens is 340 g/mol. The van der Waals surface area contributed by atoms with Crippen LogP contribution < -0.4 is 11.1 Å². The topological polar surface area (TPSA) is 55.1 Å². The summed E-state index contributed by atoms with van der Waals surface area (Å²) in [5.41, 5.74) is 7.64. The molecule has 0 radical (unpaired) electrons. The number of benzene rings is 2. The Labute approximate surface area is 131 Å². The van der Waals surface area contributed by atoms with Crippen molar-refractivity contribution in [3.05, 3.63) is 63.6 Å². The molecule has 3 nitrogen and oxygen atoms in total. The van der Waals surface area contributed by atoms with Gasteiger partial charge in [0, 0.05) is 22.0 Å². The van der Waals surface area contributed by atoms with E-state index in [4.69, 9.17) is 17.3 Å². The summed E-state index contributed by atoms with van der Waals surface area (Å²) in [6.45, 7) is 0. The van der Waals surface area contributed by atoms with E-state index in [1.165, 1.54) is 0 Å². The Morgan fingerprint density at radius 2 is 1.95 bits per heavy atom. The minimum Gasteiger partial charge on any atom is -0.325 e. The van der Waals surface area contributed by atoms with Crippen LogP contribution in [0.2, 0.25) is 5.02 Å². The third kappa shape index (κ3) is 4.07. The van der Waals surface area contributed by atoms with Crippen LogP contribution in [0.1, 0.15) is 18.0 Å². The van der Waals surface area contributed by atoms with Gasteiger partial charge in [0.05, 0.1) is 5.69 Å². The van der Waals surface area contributed by atoms with Gasteiger partial charge in [0.1, 0.15) is 0 Å². The molecule has 0 aliphatic heterocycles. The summed E-state index contributed by atoms with van der Waals surface area (Å²) in [5, 5.41) is 3.42. The highest BCUT2D eigenvalue weighted by Crippen LogP contribution is 2.26. The fourth-order valence-electron chi connectivity index (χ4n) is 1.81. The summed E-state index contributed by atoms with van der Waals surface area (Å²) in [4.78, 5) is 12.0. The fourth-order valence-corrected chi connectivity index (χ4v) is 2.59. The van der Waals surface area contributed by atoms with E-state index in [2.05, 4.69) is 21.2 Å². The first-order valence-electron chi connectivity index (χ1n) is 6.11. The minimum absolute atomic E-state index is 0.135. The smallest absolute Gasteiger partial charge is 0.226 e. The van der Waals surface area contributed by atoms with Crippen molar-refractivity contribution in [3.63, 3.8) is 0 Å². The maximum Gasteiger partial charge on any atom is 0.226 e. The molecule has 0 fully saturated rings. The molecule has 0 spiro atoms. The Morgan fingerprint density at radius 3 is 2.60 bits per heavy atom. The predicted octanol–water partition coefficient (Wildman–Crippen LogP) is 4.13. The molecule has 1 atom stereocenters. The van der Waals surface area contributed by atoms with Crippen molar-refractivity contribution in [3.8, 4) is 0 Å². The van der Waals surface area contributed by atoms with E-state index in [1.807, 2.05) is 30.3 Å². The van der Waals surface area contributed by atoms with Gasteiger partial charge in [-0.15, -0.1) is 0 Å². The van der Waals surface area contributed by atoms with Crippen LogP contribution in [0.3, 0.4) is 0 Å². The summed E-state index contributed by atoms with van der Waals surface area (Å²) < 4.78 is 0.742. The van der Waals surface area contributed by atoms with E-state index in [0.717, 1.165) is 10.0 Å². The molecule has 5 heteroatoms. The Bertz CT molecular complexity index is 604. The molecule has 0 aliphatic carbocycles. The van der Waals surface area contributed by atoms with Gasteiger partial charge in [-0.1, -0.05) is 41.9 Å². The van der Waals surface area contributed by atoms with E-state index < -0.39 is 0 Å². The highest BCUT2D eigenvalue weighted by molar-refractivity contribution is 9.10. The molecule has 3 N–H and O–H groups in total. The Balaban J connectivity index is 1.99. The molecule has 2 aromatic rings. The zero-order valence-corrected chi connectivity index (χ0v) is 13.0. The van der Waals surface area contributed by atoms with Crippen molar-refractivity contribution in [2.75, 3.05) is 5.32 Å². The van der Waals surface area contributed by atoms with Crippen LogP contribution in [0.5, 0.6) is 0 Å². The van der Waals surface area contributed by atoms with Crippen LogP contribution in [-0.4, -0.2) is 5.91 Å². The van der Waals surface area contributed by atoms with E-state index in [1.54, 1.807) is 18.2 Å². The van der Waals surface area contributed by atoms with Crippen LogP contribution in [0, 0.1) is 0 Å². The standard InChI is InChI=1S/C15H14BrClN2O/c16-12-8-11(17)6-7-14(12)19-15(20)9-13(18)10-4-2-1-3-5-10/h1-8,13H,9,18H2,(H,19,20). The number of amides is 1. The maximum atomic E-state index is 12.0. The zero-order valence-electron chi connectivity index (χ0n) is 10.6. The lowest BCUT2D eigenvalue weighted by molar-refractivity contribution is -0.116. The van der Waals surface area contributed by atoms with Crippen LogP contribution >= 0.6 is 27.5 Å². The quantitative estimate of drug-likeness (QED) is 0.868. The van der Waals surface area contributed by atoms with Gasteiger partial charge in [-0.3, -0.25) is 4.79 Å². The van der Waals surface area contributed by atoms with E-state index in [0.29, 0.717) is 10.7 Å². The van der Waals surface area contributed by atoms with E-state index in [-0.39, 0.29) is 18.4 Å². The van der Waals surface area contributed by atoms with Crippen LogP contribution in [-0.2, 0) is 4.79 Å². The monoisotopic (exact) mass is 352 g/mol. The highest BCUT2D eigenvalue weighted by Gasteiger charge is 2.12. The van der Waals surface area contributed by atoms with Crippen molar-refractivity contribution in [1.82, 2.24) is 0 Å². The Hall–Kier alpha value is -1.36. The van der Waals surface area contributed by atoms with Crippen molar-refractivity contribution in [2.45, 2.75) is 12.5 Å². The number of carbonyl (C=O) groups is 1. The molecule has 0 saturated carbocycles. The third-order valence-electron chi connectivity index (χ3n) is 2.84. The number of halogens is 2. The van der Waals surface area contributed by atoms with Gasteiger partial charge < -0.3 is 11.1 Å². The van der Waals surface area contributed by atoms with Crippen molar-refractivity contribution in [1.29, 1.82) is 0 Å². The highest BCUT2D eigenvalue weighted by atomic mass is 79.9. The summed E-state index contributed by atoms with van der Waals surface area (Å²) in [7, 11) is 0. The molecule has 0 saturated heterocycles. The molecule has 0 heterocycles. The molecule has 1 amide bonds. The molecule has 1 unspecified atom stereocenters. The first-order chi connectivity index (χ1) is 9.56. The Kier molecular flexibility index (Phi) is 5.17. The summed E-state index contributed by atoms with van der Waals surface area (Å²) in [6.07, 6.45) is 0.221. The zero-order chi connectivity index (χ0) is 14.5. The number of rotatable bonds is 4. The molecule has 20 heavy (non-hydrogen) atoms. The first-order valence-corrected chi connectivity index (χ1v) is 7.29. The second kappa shape index (κ2) is 6.88. The minimum atomic E-state index is -0.317. The number of hydrogen-bond donors (Lipinski definition) is 2.